The standard InChI is InChI=1S/C17H17ClFN3O3/c1-11(21(2)10-14-15(18)7-4-8-16(14)19)17(23)20-12-5-3-6-13(9-12)22(24)25/h3-9,11H,10H2,1-2H3,(H,20,23). The summed E-state index contributed by atoms with van der Waals surface area (Å²) in [5.41, 5.74) is 0.516. The van der Waals surface area contributed by atoms with Gasteiger partial charge in [0.25, 0.3) is 5.69 Å². The zero-order chi connectivity index (χ0) is 18.6. The molecule has 0 saturated heterocycles. The molecule has 1 amide bonds. The normalized spacial score (nSPS) is 12.0. The molecule has 2 aromatic carbocycles. The lowest BCUT2D eigenvalue weighted by atomic mass is 10.1. The number of nitro benzene ring substituents is 1. The Morgan fingerprint density at radius 2 is 2.04 bits per heavy atom. The van der Waals surface area contributed by atoms with Gasteiger partial charge in [-0.2, -0.15) is 0 Å². The molecule has 0 bridgehead atoms. The molecule has 25 heavy (non-hydrogen) atoms. The minimum Gasteiger partial charge on any atom is -0.324 e. The maximum Gasteiger partial charge on any atom is 0.271 e. The second-order valence-corrected chi connectivity index (χ2v) is 6.00. The zero-order valence-corrected chi connectivity index (χ0v) is 14.5. The number of rotatable bonds is 6. The third-order valence-electron chi connectivity index (χ3n) is 3.83. The maximum atomic E-state index is 13.9. The van der Waals surface area contributed by atoms with Crippen LogP contribution in [0.5, 0.6) is 0 Å². The Hall–Kier alpha value is -2.51. The molecular formula is C17H17ClFN3O3. The van der Waals surface area contributed by atoms with E-state index in [1.54, 1.807) is 31.0 Å². The number of nitrogens with zero attached hydrogens (tertiary/aromatic N) is 2. The number of amides is 1. The van der Waals surface area contributed by atoms with Crippen LogP contribution in [0, 0.1) is 15.9 Å². The molecule has 2 aromatic rings. The van der Waals surface area contributed by atoms with Crippen molar-refractivity contribution in [2.24, 2.45) is 0 Å². The summed E-state index contributed by atoms with van der Waals surface area (Å²) in [6, 6.07) is 9.47. The van der Waals surface area contributed by atoms with E-state index < -0.39 is 16.8 Å². The highest BCUT2D eigenvalue weighted by Crippen LogP contribution is 2.22. The van der Waals surface area contributed by atoms with Gasteiger partial charge in [-0.1, -0.05) is 23.7 Å². The van der Waals surface area contributed by atoms with Gasteiger partial charge in [0, 0.05) is 35.0 Å². The van der Waals surface area contributed by atoms with E-state index in [0.29, 0.717) is 11.3 Å². The average molecular weight is 366 g/mol. The Morgan fingerprint density at radius 1 is 1.36 bits per heavy atom. The van der Waals surface area contributed by atoms with Crippen LogP contribution in [0.1, 0.15) is 12.5 Å². The number of hydrogen-bond acceptors (Lipinski definition) is 4. The van der Waals surface area contributed by atoms with Gasteiger partial charge in [-0.15, -0.1) is 0 Å². The van der Waals surface area contributed by atoms with E-state index in [9.17, 15) is 19.3 Å². The van der Waals surface area contributed by atoms with E-state index in [1.807, 2.05) is 0 Å². The summed E-state index contributed by atoms with van der Waals surface area (Å²) >= 11 is 6.00. The molecule has 2 rings (SSSR count). The van der Waals surface area contributed by atoms with Crippen molar-refractivity contribution in [2.75, 3.05) is 12.4 Å². The average Bonchev–Trinajstić information content (AvgIpc) is 2.57. The van der Waals surface area contributed by atoms with Crippen molar-refractivity contribution in [1.29, 1.82) is 0 Å². The van der Waals surface area contributed by atoms with Crippen molar-refractivity contribution >= 4 is 28.9 Å². The SMILES string of the molecule is CC(C(=O)Nc1cccc([N+](=O)[O-])c1)N(C)Cc1c(F)cccc1Cl. The van der Waals surface area contributed by atoms with Crippen molar-refractivity contribution in [3.8, 4) is 0 Å². The van der Waals surface area contributed by atoms with Crippen LogP contribution in [0.3, 0.4) is 0 Å². The fraction of sp³-hybridized carbons (Fsp3) is 0.235. The number of nitro groups is 1. The Balaban J connectivity index is 2.06. The topological polar surface area (TPSA) is 75.5 Å². The quantitative estimate of drug-likeness (QED) is 0.623. The summed E-state index contributed by atoms with van der Waals surface area (Å²) in [5.74, 6) is -0.805. The molecule has 0 heterocycles. The Morgan fingerprint density at radius 3 is 2.68 bits per heavy atom. The summed E-state index contributed by atoms with van der Waals surface area (Å²) in [6.45, 7) is 1.80. The molecule has 0 aliphatic heterocycles. The molecule has 1 atom stereocenters. The highest BCUT2D eigenvalue weighted by atomic mass is 35.5. The van der Waals surface area contributed by atoms with E-state index in [1.165, 1.54) is 30.3 Å². The van der Waals surface area contributed by atoms with Crippen LogP contribution in [0.2, 0.25) is 5.02 Å². The first-order valence-corrected chi connectivity index (χ1v) is 7.86. The van der Waals surface area contributed by atoms with Crippen LogP contribution >= 0.6 is 11.6 Å². The van der Waals surface area contributed by atoms with Crippen molar-refractivity contribution in [1.82, 2.24) is 4.90 Å². The molecule has 0 aromatic heterocycles. The van der Waals surface area contributed by atoms with E-state index in [0.717, 1.165) is 0 Å². The molecule has 0 fully saturated rings. The summed E-state index contributed by atoms with van der Waals surface area (Å²) in [5, 5.41) is 13.7. The summed E-state index contributed by atoms with van der Waals surface area (Å²) in [7, 11) is 1.67. The second-order valence-electron chi connectivity index (χ2n) is 5.59. The van der Waals surface area contributed by atoms with Crippen molar-refractivity contribution in [3.05, 3.63) is 69.0 Å². The summed E-state index contributed by atoms with van der Waals surface area (Å²) < 4.78 is 13.9. The van der Waals surface area contributed by atoms with E-state index in [4.69, 9.17) is 11.6 Å². The first-order chi connectivity index (χ1) is 11.8. The lowest BCUT2D eigenvalue weighted by molar-refractivity contribution is -0.384. The van der Waals surface area contributed by atoms with Crippen molar-refractivity contribution < 1.29 is 14.1 Å². The van der Waals surface area contributed by atoms with Crippen LogP contribution in [-0.2, 0) is 11.3 Å². The monoisotopic (exact) mass is 365 g/mol. The van der Waals surface area contributed by atoms with Gasteiger partial charge in [0.2, 0.25) is 5.91 Å². The number of likely N-dealkylation sites (N-methyl/N-ethyl adjacent to an activating group) is 1. The third-order valence-corrected chi connectivity index (χ3v) is 4.19. The number of carbonyl (C=O) groups excluding carboxylic acids is 1. The highest BCUT2D eigenvalue weighted by molar-refractivity contribution is 6.31. The lowest BCUT2D eigenvalue weighted by Gasteiger charge is -2.24. The number of carbonyl (C=O) groups is 1. The Labute approximate surface area is 149 Å². The molecule has 0 aliphatic rings. The lowest BCUT2D eigenvalue weighted by Crippen LogP contribution is -2.39. The molecule has 132 valence electrons. The summed E-state index contributed by atoms with van der Waals surface area (Å²) in [4.78, 5) is 24.2. The molecule has 1 N–H and O–H groups in total. The van der Waals surface area contributed by atoms with Crippen LogP contribution in [0.4, 0.5) is 15.8 Å². The van der Waals surface area contributed by atoms with Gasteiger partial charge in [0.15, 0.2) is 0 Å². The Bertz CT molecular complexity index is 780. The van der Waals surface area contributed by atoms with E-state index in [-0.39, 0.29) is 23.2 Å². The van der Waals surface area contributed by atoms with Gasteiger partial charge < -0.3 is 5.32 Å². The van der Waals surface area contributed by atoms with Gasteiger partial charge in [-0.25, -0.2) is 4.39 Å². The molecule has 0 aliphatic carbocycles. The van der Waals surface area contributed by atoms with Gasteiger partial charge in [0.05, 0.1) is 11.0 Å². The smallest absolute Gasteiger partial charge is 0.271 e. The first kappa shape index (κ1) is 18.8. The fourth-order valence-corrected chi connectivity index (χ4v) is 2.44. The maximum absolute atomic E-state index is 13.9. The minimum atomic E-state index is -0.602. The first-order valence-electron chi connectivity index (χ1n) is 7.48. The molecule has 8 heteroatoms. The number of halogens is 2. The number of hydrogen-bond donors (Lipinski definition) is 1. The van der Waals surface area contributed by atoms with Crippen molar-refractivity contribution in [3.63, 3.8) is 0 Å². The van der Waals surface area contributed by atoms with Crippen LogP contribution in [0.15, 0.2) is 42.5 Å². The molecule has 0 spiro atoms. The van der Waals surface area contributed by atoms with E-state index >= 15 is 0 Å². The fourth-order valence-electron chi connectivity index (χ4n) is 2.21. The minimum absolute atomic E-state index is 0.114. The molecule has 0 saturated carbocycles. The Kier molecular flexibility index (Phi) is 6.06. The zero-order valence-electron chi connectivity index (χ0n) is 13.7. The number of benzene rings is 2. The van der Waals surface area contributed by atoms with Gasteiger partial charge in [-0.3, -0.25) is 19.8 Å². The number of anilines is 1. The van der Waals surface area contributed by atoms with Crippen LogP contribution < -0.4 is 5.32 Å². The molecule has 0 radical (unpaired) electrons. The summed E-state index contributed by atoms with van der Waals surface area (Å²) in [6.07, 6.45) is 0. The number of non-ortho nitro benzene ring substituents is 1. The highest BCUT2D eigenvalue weighted by Gasteiger charge is 2.21. The molecule has 6 nitrogen and oxygen atoms in total. The van der Waals surface area contributed by atoms with Gasteiger partial charge in [0.1, 0.15) is 5.82 Å². The molecule has 1 unspecified atom stereocenters. The second kappa shape index (κ2) is 8.04. The number of nitrogens with one attached hydrogen (secondary N) is 1. The largest absolute Gasteiger partial charge is 0.324 e. The van der Waals surface area contributed by atoms with E-state index in [2.05, 4.69) is 5.32 Å². The van der Waals surface area contributed by atoms with Gasteiger partial charge >= 0.3 is 0 Å². The third kappa shape index (κ3) is 4.74. The van der Waals surface area contributed by atoms with Crippen LogP contribution in [-0.4, -0.2) is 28.8 Å². The molecular weight excluding hydrogens is 349 g/mol. The predicted molar refractivity (Wildman–Crippen MR) is 94.1 cm³/mol. The van der Waals surface area contributed by atoms with Gasteiger partial charge in [-0.05, 0) is 32.2 Å². The predicted octanol–water partition coefficient (Wildman–Crippen LogP) is 3.85. The van der Waals surface area contributed by atoms with Crippen LogP contribution in [0.25, 0.3) is 0 Å². The van der Waals surface area contributed by atoms with Crippen molar-refractivity contribution in [2.45, 2.75) is 19.5 Å².